The number of rotatable bonds is 4. The quantitative estimate of drug-likeness (QED) is 0.251. The minimum atomic E-state index is -4.89. The van der Waals surface area contributed by atoms with Crippen LogP contribution < -0.4 is 20.3 Å². The van der Waals surface area contributed by atoms with Gasteiger partial charge in [-0.15, -0.1) is 0 Å². The molecule has 234 valence electrons. The fourth-order valence-corrected chi connectivity index (χ4v) is 5.37. The van der Waals surface area contributed by atoms with Crippen molar-refractivity contribution in [2.75, 3.05) is 7.11 Å². The van der Waals surface area contributed by atoms with Crippen LogP contribution in [-0.4, -0.2) is 28.7 Å². The van der Waals surface area contributed by atoms with Crippen molar-refractivity contribution in [3.63, 3.8) is 0 Å². The molecule has 8 nitrogen and oxygen atoms in total. The van der Waals surface area contributed by atoms with E-state index in [1.165, 1.54) is 38.3 Å². The van der Waals surface area contributed by atoms with Gasteiger partial charge in [-0.3, -0.25) is 19.0 Å². The molecule has 0 unspecified atom stereocenters. The highest BCUT2D eigenvalue weighted by atomic mass is 19.4. The first-order chi connectivity index (χ1) is 21.2. The van der Waals surface area contributed by atoms with E-state index >= 15 is 8.78 Å². The lowest BCUT2D eigenvalue weighted by Gasteiger charge is -2.25. The Labute approximate surface area is 252 Å². The molecule has 0 saturated heterocycles. The minimum Gasteiger partial charge on any atom is -0.497 e. The Hall–Kier alpha value is -5.20. The lowest BCUT2D eigenvalue weighted by Crippen LogP contribution is -2.40. The van der Waals surface area contributed by atoms with E-state index < -0.39 is 64.9 Å². The van der Waals surface area contributed by atoms with E-state index in [-0.39, 0.29) is 28.7 Å². The molecule has 45 heavy (non-hydrogen) atoms. The van der Waals surface area contributed by atoms with Crippen LogP contribution in [0.2, 0.25) is 0 Å². The average molecular weight is 629 g/mol. The fourth-order valence-electron chi connectivity index (χ4n) is 5.37. The van der Waals surface area contributed by atoms with Crippen molar-refractivity contribution in [1.29, 1.82) is 0 Å². The molecule has 1 aliphatic heterocycles. The van der Waals surface area contributed by atoms with E-state index in [0.717, 1.165) is 12.1 Å². The number of amides is 1. The molecule has 0 saturated carbocycles. The second-order valence-corrected chi connectivity index (χ2v) is 10.5. The molecule has 4 aromatic rings. The van der Waals surface area contributed by atoms with Crippen LogP contribution in [0.5, 0.6) is 17.2 Å². The monoisotopic (exact) mass is 628 g/mol. The second kappa shape index (κ2) is 11.7. The van der Waals surface area contributed by atoms with Crippen LogP contribution in [-0.2, 0) is 15.8 Å². The van der Waals surface area contributed by atoms with Crippen molar-refractivity contribution in [3.05, 3.63) is 111 Å². The summed E-state index contributed by atoms with van der Waals surface area (Å²) in [5.41, 5.74) is -1.73. The van der Waals surface area contributed by atoms with Crippen molar-refractivity contribution in [2.45, 2.75) is 38.5 Å². The molecule has 1 amide bonds. The first-order valence-corrected chi connectivity index (χ1v) is 13.5. The highest BCUT2D eigenvalue weighted by molar-refractivity contribution is 5.85. The molecule has 5 rings (SSSR count). The van der Waals surface area contributed by atoms with Gasteiger partial charge in [0.05, 0.1) is 25.1 Å². The number of carboxylic acid groups (broad SMARTS) is 1. The lowest BCUT2D eigenvalue weighted by atomic mass is 9.92. The molecule has 2 heterocycles. The van der Waals surface area contributed by atoms with E-state index in [9.17, 15) is 32.7 Å². The number of ether oxygens (including phenoxy) is 2. The minimum absolute atomic E-state index is 0.0153. The summed E-state index contributed by atoms with van der Waals surface area (Å²) in [6.07, 6.45) is -5.03. The van der Waals surface area contributed by atoms with Crippen LogP contribution in [0.15, 0.2) is 65.6 Å². The number of carbonyl (C=O) groups excluding carboxylic acids is 1. The van der Waals surface area contributed by atoms with Gasteiger partial charge in [0.15, 0.2) is 0 Å². The maximum atomic E-state index is 15.7. The predicted molar refractivity (Wildman–Crippen MR) is 151 cm³/mol. The van der Waals surface area contributed by atoms with Crippen molar-refractivity contribution >= 4 is 11.9 Å². The van der Waals surface area contributed by atoms with Gasteiger partial charge in [0, 0.05) is 35.0 Å². The molecule has 0 fully saturated rings. The first kappa shape index (κ1) is 31.2. The maximum Gasteiger partial charge on any atom is 0.416 e. The van der Waals surface area contributed by atoms with Gasteiger partial charge in [0.25, 0.3) is 5.56 Å². The van der Waals surface area contributed by atoms with Crippen LogP contribution in [0.25, 0.3) is 11.1 Å². The number of benzene rings is 3. The molecule has 3 aromatic carbocycles. The number of aromatic nitrogens is 1. The summed E-state index contributed by atoms with van der Waals surface area (Å²) in [6.45, 7) is 3.18. The molecular weight excluding hydrogens is 603 g/mol. The van der Waals surface area contributed by atoms with Crippen molar-refractivity contribution in [2.24, 2.45) is 0 Å². The average Bonchev–Trinajstić information content (AvgIpc) is 2.95. The summed E-state index contributed by atoms with van der Waals surface area (Å²) in [6, 6.07) is 6.67. The number of alkyl halides is 3. The Kier molecular flexibility index (Phi) is 8.13. The van der Waals surface area contributed by atoms with Gasteiger partial charge in [-0.25, -0.2) is 8.78 Å². The molecule has 4 bridgehead atoms. The number of nitrogens with zero attached hydrogens (tertiary/aromatic N) is 1. The molecule has 0 aliphatic carbocycles. The zero-order valence-corrected chi connectivity index (χ0v) is 24.0. The molecule has 0 radical (unpaired) electrons. The number of hydrogen-bond donors (Lipinski definition) is 2. The highest BCUT2D eigenvalue weighted by Gasteiger charge is 2.35. The summed E-state index contributed by atoms with van der Waals surface area (Å²) < 4.78 is 83.4. The molecule has 2 atom stereocenters. The van der Waals surface area contributed by atoms with E-state index in [2.05, 4.69) is 5.32 Å². The standard InChI is InChI=1S/C32H25F5N2O6/c1-15-9-20(44-3)13-25-28(15)17-8-16(2)29(34)22(10-17)24(14-27(41)42)38-31(43)30(21-12-19(45-25)4-5-23(21)33)39-7-6-18(11-26(39)40)32(35,36)37/h4-13,24,30H,14H2,1-3H3,(H,38,43)(H,41,42)/t24-,30-/m1/s1. The smallest absolute Gasteiger partial charge is 0.416 e. The van der Waals surface area contributed by atoms with Crippen molar-refractivity contribution in [1.82, 2.24) is 9.88 Å². The Balaban J connectivity index is 1.83. The fraction of sp³-hybridized carbons (Fsp3) is 0.219. The number of carboxylic acids is 1. The molecular formula is C32H25F5N2O6. The zero-order chi connectivity index (χ0) is 32.8. The van der Waals surface area contributed by atoms with Gasteiger partial charge in [0.2, 0.25) is 5.91 Å². The number of aryl methyl sites for hydroxylation is 2. The number of fused-ring (bicyclic) bond motifs is 6. The number of hydrogen-bond acceptors (Lipinski definition) is 5. The zero-order valence-electron chi connectivity index (χ0n) is 24.0. The van der Waals surface area contributed by atoms with E-state index in [1.54, 1.807) is 13.0 Å². The van der Waals surface area contributed by atoms with Crippen LogP contribution >= 0.6 is 0 Å². The van der Waals surface area contributed by atoms with Crippen LogP contribution in [0.3, 0.4) is 0 Å². The molecule has 1 aliphatic rings. The number of pyridine rings is 1. The Morgan fingerprint density at radius 2 is 1.73 bits per heavy atom. The molecule has 1 aromatic heterocycles. The Bertz CT molecular complexity index is 1900. The van der Waals surface area contributed by atoms with Gasteiger partial charge in [-0.2, -0.15) is 13.2 Å². The summed E-state index contributed by atoms with van der Waals surface area (Å²) in [5.74, 6) is -3.92. The number of aliphatic carboxylic acids is 1. The third kappa shape index (κ3) is 6.10. The second-order valence-electron chi connectivity index (χ2n) is 10.5. The summed E-state index contributed by atoms with van der Waals surface area (Å²) in [4.78, 5) is 38.8. The predicted octanol–water partition coefficient (Wildman–Crippen LogP) is 6.47. The van der Waals surface area contributed by atoms with Crippen molar-refractivity contribution in [3.8, 4) is 28.4 Å². The van der Waals surface area contributed by atoms with Crippen LogP contribution in [0.4, 0.5) is 22.0 Å². The Morgan fingerprint density at radius 1 is 1.00 bits per heavy atom. The highest BCUT2D eigenvalue weighted by Crippen LogP contribution is 2.42. The normalized spacial score (nSPS) is 16.3. The molecule has 13 heteroatoms. The first-order valence-electron chi connectivity index (χ1n) is 13.5. The van der Waals surface area contributed by atoms with Gasteiger partial charge >= 0.3 is 12.1 Å². The third-order valence-corrected chi connectivity index (χ3v) is 7.44. The number of nitrogens with one attached hydrogen (secondary N) is 1. The van der Waals surface area contributed by atoms with Crippen molar-refractivity contribution < 1.29 is 46.1 Å². The summed E-state index contributed by atoms with van der Waals surface area (Å²) >= 11 is 0. The maximum absolute atomic E-state index is 15.7. The molecule has 2 N–H and O–H groups in total. The number of halogens is 5. The van der Waals surface area contributed by atoms with E-state index in [1.807, 2.05) is 0 Å². The number of methoxy groups -OCH3 is 1. The van der Waals surface area contributed by atoms with E-state index in [0.29, 0.717) is 39.3 Å². The van der Waals surface area contributed by atoms with Gasteiger partial charge in [-0.05, 0) is 73.0 Å². The lowest BCUT2D eigenvalue weighted by molar-refractivity contribution is -0.138. The summed E-state index contributed by atoms with van der Waals surface area (Å²) in [7, 11) is 1.43. The largest absolute Gasteiger partial charge is 0.497 e. The van der Waals surface area contributed by atoms with Crippen LogP contribution in [0.1, 0.15) is 46.3 Å². The number of carbonyl (C=O) groups is 2. The van der Waals surface area contributed by atoms with E-state index in [4.69, 9.17) is 9.47 Å². The van der Waals surface area contributed by atoms with Crippen LogP contribution in [0, 0.1) is 25.5 Å². The third-order valence-electron chi connectivity index (χ3n) is 7.44. The topological polar surface area (TPSA) is 107 Å². The van der Waals surface area contributed by atoms with Gasteiger partial charge < -0.3 is 19.9 Å². The van der Waals surface area contributed by atoms with Gasteiger partial charge in [0.1, 0.15) is 34.9 Å². The van der Waals surface area contributed by atoms with Gasteiger partial charge in [-0.1, -0.05) is 0 Å². The molecule has 0 spiro atoms. The SMILES string of the molecule is COc1cc(C)c2c(c1)Oc1ccc(F)c(c1)[C@@H](n1ccc(C(F)(F)F)cc1=O)C(=O)N[C@H](CC(=O)O)c1cc-2cc(C)c1F. The summed E-state index contributed by atoms with van der Waals surface area (Å²) in [5, 5.41) is 12.1. The Morgan fingerprint density at radius 3 is 2.38 bits per heavy atom.